The molecular weight excluding hydrogens is 210 g/mol. The predicted octanol–water partition coefficient (Wildman–Crippen LogP) is 4.92. The number of unbranched alkanes of at least 4 members (excludes halogenated alkanes) is 8. The lowest BCUT2D eigenvalue weighted by atomic mass is 10.1. The summed E-state index contributed by atoms with van der Waals surface area (Å²) in [5.74, 6) is 0. The molecule has 0 spiro atoms. The van der Waals surface area contributed by atoms with Gasteiger partial charge in [0.05, 0.1) is 0 Å². The Morgan fingerprint density at radius 1 is 0.875 bits per heavy atom. The molecule has 0 unspecified atom stereocenters. The van der Waals surface area contributed by atoms with Crippen LogP contribution in [-0.2, 0) is 4.74 Å². The van der Waals surface area contributed by atoms with Crippen LogP contribution in [0, 0.1) is 0 Å². The number of methoxy groups -OCH3 is 1. The van der Waals surface area contributed by atoms with Gasteiger partial charge in [0.25, 0.3) is 6.08 Å². The maximum absolute atomic E-state index is 11.7. The molecule has 16 heavy (non-hydrogen) atoms. The molecule has 0 N–H and O–H groups in total. The first-order valence-electron chi connectivity index (χ1n) is 6.27. The molecule has 96 valence electrons. The van der Waals surface area contributed by atoms with E-state index in [0.717, 1.165) is 31.9 Å². The van der Waals surface area contributed by atoms with Gasteiger partial charge in [-0.2, -0.15) is 8.78 Å². The Morgan fingerprint density at radius 2 is 1.38 bits per heavy atom. The maximum Gasteiger partial charge on any atom is 0.266 e. The summed E-state index contributed by atoms with van der Waals surface area (Å²) in [7, 11) is 1.73. The van der Waals surface area contributed by atoms with Crippen molar-refractivity contribution in [3.05, 3.63) is 12.2 Å². The van der Waals surface area contributed by atoms with Crippen LogP contribution in [0.3, 0.4) is 0 Å². The lowest BCUT2D eigenvalue weighted by molar-refractivity contribution is 0.192. The smallest absolute Gasteiger partial charge is 0.266 e. The normalized spacial score (nSPS) is 10.4. The molecule has 0 aromatic carbocycles. The highest BCUT2D eigenvalue weighted by atomic mass is 19.3. The van der Waals surface area contributed by atoms with Gasteiger partial charge in [-0.05, 0) is 25.3 Å². The molecule has 0 heterocycles. The van der Waals surface area contributed by atoms with Crippen LogP contribution in [0.25, 0.3) is 0 Å². The second-order valence-electron chi connectivity index (χ2n) is 4.10. The van der Waals surface area contributed by atoms with Gasteiger partial charge in [-0.15, -0.1) is 0 Å². The molecule has 3 heteroatoms. The van der Waals surface area contributed by atoms with Crippen molar-refractivity contribution < 1.29 is 13.5 Å². The molecule has 0 aliphatic carbocycles. The molecule has 0 radical (unpaired) electrons. The summed E-state index contributed by atoms with van der Waals surface area (Å²) in [6, 6.07) is 0. The molecule has 0 atom stereocenters. The number of ether oxygens (including phenoxy) is 1. The highest BCUT2D eigenvalue weighted by molar-refractivity contribution is 4.79. The molecule has 0 saturated carbocycles. The van der Waals surface area contributed by atoms with Crippen molar-refractivity contribution >= 4 is 0 Å². The van der Waals surface area contributed by atoms with Crippen LogP contribution in [0.5, 0.6) is 0 Å². The van der Waals surface area contributed by atoms with Gasteiger partial charge in [0.1, 0.15) is 0 Å². The van der Waals surface area contributed by atoms with E-state index in [2.05, 4.69) is 0 Å². The van der Waals surface area contributed by atoms with E-state index in [9.17, 15) is 8.78 Å². The van der Waals surface area contributed by atoms with Crippen molar-refractivity contribution in [1.82, 2.24) is 0 Å². The Morgan fingerprint density at radius 3 is 1.88 bits per heavy atom. The van der Waals surface area contributed by atoms with Crippen LogP contribution in [0.1, 0.15) is 57.8 Å². The topological polar surface area (TPSA) is 9.23 Å². The second-order valence-corrected chi connectivity index (χ2v) is 4.10. The number of allylic oxidation sites excluding steroid dienone is 1. The fourth-order valence-corrected chi connectivity index (χ4v) is 1.66. The average Bonchev–Trinajstić information content (AvgIpc) is 2.25. The van der Waals surface area contributed by atoms with Crippen LogP contribution >= 0.6 is 0 Å². The second kappa shape index (κ2) is 12.6. The number of halogens is 2. The van der Waals surface area contributed by atoms with E-state index in [4.69, 9.17) is 4.74 Å². The van der Waals surface area contributed by atoms with Crippen LogP contribution in [0.4, 0.5) is 8.78 Å². The minimum Gasteiger partial charge on any atom is -0.385 e. The minimum absolute atomic E-state index is 0.524. The SMILES string of the molecule is COCCCCCCCCCCC=C(F)F. The molecule has 1 nitrogen and oxygen atoms in total. The molecule has 0 aliphatic rings. The van der Waals surface area contributed by atoms with Gasteiger partial charge in [-0.25, -0.2) is 0 Å². The van der Waals surface area contributed by atoms with E-state index in [0.29, 0.717) is 6.42 Å². The van der Waals surface area contributed by atoms with Gasteiger partial charge in [0.15, 0.2) is 0 Å². The van der Waals surface area contributed by atoms with Crippen LogP contribution in [0.15, 0.2) is 12.2 Å². The fraction of sp³-hybridized carbons (Fsp3) is 0.846. The Hall–Kier alpha value is -0.440. The lowest BCUT2D eigenvalue weighted by Gasteiger charge is -2.01. The molecule has 0 saturated heterocycles. The third-order valence-electron chi connectivity index (χ3n) is 2.60. The Labute approximate surface area is 97.9 Å². The van der Waals surface area contributed by atoms with Gasteiger partial charge in [-0.3, -0.25) is 0 Å². The number of hydrogen-bond donors (Lipinski definition) is 0. The average molecular weight is 234 g/mol. The highest BCUT2D eigenvalue weighted by Crippen LogP contribution is 2.11. The summed E-state index contributed by atoms with van der Waals surface area (Å²) in [4.78, 5) is 0. The highest BCUT2D eigenvalue weighted by Gasteiger charge is 1.93. The first-order chi connectivity index (χ1) is 7.77. The van der Waals surface area contributed by atoms with Gasteiger partial charge >= 0.3 is 0 Å². The van der Waals surface area contributed by atoms with E-state index < -0.39 is 6.08 Å². The molecule has 0 aromatic rings. The van der Waals surface area contributed by atoms with Crippen molar-refractivity contribution in [3.63, 3.8) is 0 Å². The zero-order chi connectivity index (χ0) is 12.1. The quantitative estimate of drug-likeness (QED) is 0.461. The maximum atomic E-state index is 11.7. The predicted molar refractivity (Wildman–Crippen MR) is 63.7 cm³/mol. The van der Waals surface area contributed by atoms with E-state index in [-0.39, 0.29) is 0 Å². The zero-order valence-electron chi connectivity index (χ0n) is 10.3. The van der Waals surface area contributed by atoms with Gasteiger partial charge in [0, 0.05) is 13.7 Å². The third-order valence-corrected chi connectivity index (χ3v) is 2.60. The standard InChI is InChI=1S/C13H24F2O/c1-16-12-10-8-6-4-2-3-5-7-9-11-13(14)15/h11H,2-10,12H2,1H3. The van der Waals surface area contributed by atoms with E-state index in [1.807, 2.05) is 0 Å². The Kier molecular flexibility index (Phi) is 12.3. The summed E-state index contributed by atoms with van der Waals surface area (Å²) in [6.45, 7) is 0.862. The summed E-state index contributed by atoms with van der Waals surface area (Å²) < 4.78 is 28.3. The Bertz CT molecular complexity index is 165. The van der Waals surface area contributed by atoms with Crippen molar-refractivity contribution in [3.8, 4) is 0 Å². The van der Waals surface area contributed by atoms with Crippen LogP contribution < -0.4 is 0 Å². The third kappa shape index (κ3) is 13.6. The van der Waals surface area contributed by atoms with Crippen molar-refractivity contribution in [2.45, 2.75) is 57.8 Å². The molecule has 0 rings (SSSR count). The molecule has 0 amide bonds. The van der Waals surface area contributed by atoms with E-state index in [1.54, 1.807) is 7.11 Å². The number of hydrogen-bond acceptors (Lipinski definition) is 1. The summed E-state index contributed by atoms with van der Waals surface area (Å²) in [6.07, 6.45) is 9.28. The molecule has 0 aromatic heterocycles. The van der Waals surface area contributed by atoms with Crippen molar-refractivity contribution in [1.29, 1.82) is 0 Å². The van der Waals surface area contributed by atoms with Crippen molar-refractivity contribution in [2.75, 3.05) is 13.7 Å². The monoisotopic (exact) mass is 234 g/mol. The first kappa shape index (κ1) is 15.6. The minimum atomic E-state index is -1.54. The summed E-state index contributed by atoms with van der Waals surface area (Å²) in [5, 5.41) is 0. The lowest BCUT2D eigenvalue weighted by Crippen LogP contribution is -1.88. The first-order valence-corrected chi connectivity index (χ1v) is 6.27. The van der Waals surface area contributed by atoms with Crippen molar-refractivity contribution in [2.24, 2.45) is 0 Å². The Balaban J connectivity index is 2.96. The molecule has 0 aliphatic heterocycles. The zero-order valence-corrected chi connectivity index (χ0v) is 10.3. The van der Waals surface area contributed by atoms with Crippen LogP contribution in [0.2, 0.25) is 0 Å². The van der Waals surface area contributed by atoms with Gasteiger partial charge < -0.3 is 4.74 Å². The summed E-state index contributed by atoms with van der Waals surface area (Å²) in [5.41, 5.74) is 0. The largest absolute Gasteiger partial charge is 0.385 e. The molecular formula is C13H24F2O. The van der Waals surface area contributed by atoms with E-state index >= 15 is 0 Å². The summed E-state index contributed by atoms with van der Waals surface area (Å²) >= 11 is 0. The molecule has 0 fully saturated rings. The fourth-order valence-electron chi connectivity index (χ4n) is 1.66. The van der Waals surface area contributed by atoms with Gasteiger partial charge in [0.2, 0.25) is 0 Å². The van der Waals surface area contributed by atoms with Crippen LogP contribution in [-0.4, -0.2) is 13.7 Å². The molecule has 0 bridgehead atoms. The van der Waals surface area contributed by atoms with E-state index in [1.165, 1.54) is 32.1 Å². The number of rotatable bonds is 11. The van der Waals surface area contributed by atoms with Gasteiger partial charge in [-0.1, -0.05) is 38.5 Å².